The summed E-state index contributed by atoms with van der Waals surface area (Å²) in [7, 11) is 1.40. The van der Waals surface area contributed by atoms with Crippen molar-refractivity contribution in [2.75, 3.05) is 12.9 Å². The monoisotopic (exact) mass is 272 g/mol. The zero-order valence-electron chi connectivity index (χ0n) is 10.2. The number of methoxy groups -OCH3 is 1. The maximum absolute atomic E-state index is 10.8. The van der Waals surface area contributed by atoms with Crippen LogP contribution in [0.1, 0.15) is 18.6 Å². The molecule has 0 fully saturated rings. The number of benzene rings is 1. The maximum Gasteiger partial charge on any atom is 0.185 e. The van der Waals surface area contributed by atoms with E-state index < -0.39 is 12.2 Å². The van der Waals surface area contributed by atoms with Gasteiger partial charge in [-0.2, -0.15) is 0 Å². The Morgan fingerprint density at radius 1 is 1.44 bits per heavy atom. The number of aliphatic hydroxyl groups excluding tert-OH is 2. The van der Waals surface area contributed by atoms with Gasteiger partial charge in [-0.15, -0.1) is 0 Å². The van der Waals surface area contributed by atoms with Gasteiger partial charge in [-0.05, 0) is 6.07 Å². The van der Waals surface area contributed by atoms with Gasteiger partial charge in [0.2, 0.25) is 0 Å². The summed E-state index contributed by atoms with van der Waals surface area (Å²) in [4.78, 5) is 10.8. The van der Waals surface area contributed by atoms with Crippen molar-refractivity contribution in [2.24, 2.45) is 0 Å². The van der Waals surface area contributed by atoms with Crippen LogP contribution >= 0.6 is 11.8 Å². The molecule has 0 aromatic heterocycles. The SMILES string of the molecule is COc1cccc(C(O)C(O)CSC(C)=O)c1O. The number of ether oxygens (including phenoxy) is 1. The molecule has 0 aliphatic heterocycles. The number of aliphatic hydroxyl groups is 2. The molecule has 100 valence electrons. The van der Waals surface area contributed by atoms with Gasteiger partial charge in [0.1, 0.15) is 6.10 Å². The third-order valence-corrected chi connectivity index (χ3v) is 3.31. The molecule has 2 unspecified atom stereocenters. The van der Waals surface area contributed by atoms with Gasteiger partial charge in [0.15, 0.2) is 16.6 Å². The quantitative estimate of drug-likeness (QED) is 0.743. The number of para-hydroxylation sites is 1. The van der Waals surface area contributed by atoms with E-state index in [1.54, 1.807) is 12.1 Å². The fourth-order valence-corrected chi connectivity index (χ4v) is 2.03. The summed E-state index contributed by atoms with van der Waals surface area (Å²) in [6, 6.07) is 4.63. The van der Waals surface area contributed by atoms with Crippen LogP contribution in [0.4, 0.5) is 0 Å². The molecule has 1 aromatic rings. The van der Waals surface area contributed by atoms with Crippen LogP contribution in [0.5, 0.6) is 11.5 Å². The van der Waals surface area contributed by atoms with Crippen molar-refractivity contribution in [1.82, 2.24) is 0 Å². The second-order valence-corrected chi connectivity index (χ2v) is 4.91. The molecule has 0 spiro atoms. The summed E-state index contributed by atoms with van der Waals surface area (Å²) in [5, 5.41) is 29.3. The van der Waals surface area contributed by atoms with Crippen LogP contribution < -0.4 is 4.74 Å². The third kappa shape index (κ3) is 3.63. The molecular weight excluding hydrogens is 256 g/mol. The van der Waals surface area contributed by atoms with E-state index >= 15 is 0 Å². The fourth-order valence-electron chi connectivity index (χ4n) is 1.44. The molecular formula is C12H16O5S. The van der Waals surface area contributed by atoms with Crippen molar-refractivity contribution in [1.29, 1.82) is 0 Å². The topological polar surface area (TPSA) is 87.0 Å². The van der Waals surface area contributed by atoms with E-state index in [9.17, 15) is 20.1 Å². The molecule has 3 N–H and O–H groups in total. The van der Waals surface area contributed by atoms with Crippen LogP contribution in [-0.4, -0.2) is 39.4 Å². The Kier molecular flexibility index (Phi) is 5.46. The van der Waals surface area contributed by atoms with E-state index in [4.69, 9.17) is 4.74 Å². The molecule has 1 aromatic carbocycles. The maximum atomic E-state index is 10.8. The van der Waals surface area contributed by atoms with E-state index in [-0.39, 0.29) is 27.9 Å². The number of phenolic OH excluding ortho intramolecular Hbond substituents is 1. The van der Waals surface area contributed by atoms with Gasteiger partial charge in [0.05, 0.1) is 13.2 Å². The summed E-state index contributed by atoms with van der Waals surface area (Å²) >= 11 is 0.916. The molecule has 0 radical (unpaired) electrons. The summed E-state index contributed by atoms with van der Waals surface area (Å²) in [5.41, 5.74) is 0.172. The van der Waals surface area contributed by atoms with Crippen LogP contribution in [0, 0.1) is 0 Å². The molecule has 0 saturated heterocycles. The number of hydrogen-bond donors (Lipinski definition) is 3. The van der Waals surface area contributed by atoms with Crippen molar-refractivity contribution < 1.29 is 24.9 Å². The minimum Gasteiger partial charge on any atom is -0.504 e. The highest BCUT2D eigenvalue weighted by atomic mass is 32.2. The molecule has 2 atom stereocenters. The molecule has 0 heterocycles. The average molecular weight is 272 g/mol. The highest BCUT2D eigenvalue weighted by Crippen LogP contribution is 2.35. The lowest BCUT2D eigenvalue weighted by Gasteiger charge is -2.19. The van der Waals surface area contributed by atoms with Gasteiger partial charge in [0, 0.05) is 18.2 Å². The number of phenols is 1. The smallest absolute Gasteiger partial charge is 0.185 e. The minimum atomic E-state index is -1.27. The van der Waals surface area contributed by atoms with Crippen molar-refractivity contribution >= 4 is 16.9 Å². The third-order valence-electron chi connectivity index (χ3n) is 2.39. The Morgan fingerprint density at radius 2 is 2.11 bits per heavy atom. The lowest BCUT2D eigenvalue weighted by atomic mass is 10.0. The highest BCUT2D eigenvalue weighted by molar-refractivity contribution is 8.13. The Labute approximate surface area is 109 Å². The van der Waals surface area contributed by atoms with E-state index in [0.717, 1.165) is 11.8 Å². The predicted octanol–water partition coefficient (Wildman–Crippen LogP) is 1.07. The first kappa shape index (κ1) is 14.8. The van der Waals surface area contributed by atoms with Crippen LogP contribution in [0.2, 0.25) is 0 Å². The Hall–Kier alpha value is -1.24. The number of thioether (sulfide) groups is 1. The number of rotatable bonds is 5. The second kappa shape index (κ2) is 6.63. The molecule has 18 heavy (non-hydrogen) atoms. The Balaban J connectivity index is 2.83. The summed E-state index contributed by atoms with van der Waals surface area (Å²) in [6.07, 6.45) is -2.41. The number of hydrogen-bond acceptors (Lipinski definition) is 6. The molecule has 0 aliphatic carbocycles. The summed E-state index contributed by atoms with van der Waals surface area (Å²) in [5.74, 6) is 0.0741. The molecule has 5 nitrogen and oxygen atoms in total. The molecule has 1 rings (SSSR count). The van der Waals surface area contributed by atoms with Crippen molar-refractivity contribution in [3.05, 3.63) is 23.8 Å². The van der Waals surface area contributed by atoms with Crippen LogP contribution in [0.15, 0.2) is 18.2 Å². The first-order valence-electron chi connectivity index (χ1n) is 5.32. The van der Waals surface area contributed by atoms with E-state index in [2.05, 4.69) is 0 Å². The lowest BCUT2D eigenvalue weighted by Crippen LogP contribution is -2.21. The van der Waals surface area contributed by atoms with Crippen LogP contribution in [0.25, 0.3) is 0 Å². The van der Waals surface area contributed by atoms with Crippen molar-refractivity contribution in [2.45, 2.75) is 19.1 Å². The van der Waals surface area contributed by atoms with E-state index in [1.165, 1.54) is 20.1 Å². The summed E-state index contributed by atoms with van der Waals surface area (Å²) in [6.45, 7) is 1.38. The van der Waals surface area contributed by atoms with Gasteiger partial charge in [-0.3, -0.25) is 4.79 Å². The highest BCUT2D eigenvalue weighted by Gasteiger charge is 2.23. The Bertz CT molecular complexity index is 421. The number of carbonyl (C=O) groups is 1. The molecule has 0 amide bonds. The standard InChI is InChI=1S/C12H16O5S/c1-7(13)18-6-9(14)11(15)8-4-3-5-10(17-2)12(8)16/h3-5,9,11,14-16H,6H2,1-2H3. The number of carbonyl (C=O) groups excluding carboxylic acids is 1. The molecule has 6 heteroatoms. The molecule has 0 bridgehead atoms. The first-order valence-corrected chi connectivity index (χ1v) is 6.31. The number of aromatic hydroxyl groups is 1. The zero-order valence-corrected chi connectivity index (χ0v) is 11.0. The van der Waals surface area contributed by atoms with Gasteiger partial charge in [-0.1, -0.05) is 23.9 Å². The Morgan fingerprint density at radius 3 is 2.67 bits per heavy atom. The van der Waals surface area contributed by atoms with Crippen LogP contribution in [0.3, 0.4) is 0 Å². The normalized spacial score (nSPS) is 14.0. The molecule has 0 saturated carbocycles. The van der Waals surface area contributed by atoms with Crippen LogP contribution in [-0.2, 0) is 4.79 Å². The largest absolute Gasteiger partial charge is 0.504 e. The lowest BCUT2D eigenvalue weighted by molar-refractivity contribution is -0.109. The average Bonchev–Trinajstić information content (AvgIpc) is 2.35. The van der Waals surface area contributed by atoms with Gasteiger partial charge in [-0.25, -0.2) is 0 Å². The first-order chi connectivity index (χ1) is 8.47. The van der Waals surface area contributed by atoms with E-state index in [1.807, 2.05) is 0 Å². The zero-order chi connectivity index (χ0) is 13.7. The fraction of sp³-hybridized carbons (Fsp3) is 0.417. The van der Waals surface area contributed by atoms with E-state index in [0.29, 0.717) is 0 Å². The van der Waals surface area contributed by atoms with Crippen molar-refractivity contribution in [3.63, 3.8) is 0 Å². The summed E-state index contributed by atoms with van der Waals surface area (Å²) < 4.78 is 4.91. The minimum absolute atomic E-state index is 0.0626. The van der Waals surface area contributed by atoms with Crippen molar-refractivity contribution in [3.8, 4) is 11.5 Å². The van der Waals surface area contributed by atoms with Gasteiger partial charge in [0.25, 0.3) is 0 Å². The molecule has 0 aliphatic rings. The van der Waals surface area contributed by atoms with Gasteiger partial charge >= 0.3 is 0 Å². The predicted molar refractivity (Wildman–Crippen MR) is 68.8 cm³/mol. The second-order valence-electron chi connectivity index (χ2n) is 3.71. The van der Waals surface area contributed by atoms with Gasteiger partial charge < -0.3 is 20.1 Å².